The van der Waals surface area contributed by atoms with E-state index in [4.69, 9.17) is 56.8 Å². The number of ketones is 4. The summed E-state index contributed by atoms with van der Waals surface area (Å²) in [6, 6.07) is 24.4. The van der Waals surface area contributed by atoms with Crippen molar-refractivity contribution in [2.45, 2.75) is 480 Å². The van der Waals surface area contributed by atoms with Crippen LogP contribution in [0.15, 0.2) is 48.5 Å². The van der Waals surface area contributed by atoms with E-state index in [1.165, 1.54) is 81.9 Å². The van der Waals surface area contributed by atoms with Gasteiger partial charge in [-0.2, -0.15) is 5.26 Å². The van der Waals surface area contributed by atoms with Crippen LogP contribution in [-0.2, 0) is 37.9 Å². The van der Waals surface area contributed by atoms with Crippen LogP contribution < -0.4 is 11.1 Å². The molecule has 2 aromatic carbocycles. The monoisotopic (exact) mass is 2080 g/mol. The number of nitriles is 1. The van der Waals surface area contributed by atoms with E-state index >= 15 is 0 Å². The number of Topliss-reactive ketones (excluding diaryl/α,β-unsaturated/α-hetero) is 4. The molecule has 2 saturated heterocycles. The average Bonchev–Trinajstić information content (AvgIpc) is 1.61. The first-order valence-electron chi connectivity index (χ1n) is 52.8. The Morgan fingerprint density at radius 3 is 1.20 bits per heavy atom. The van der Waals surface area contributed by atoms with Crippen LogP contribution in [0.5, 0.6) is 0 Å². The second-order valence-corrected chi connectivity index (χ2v) is 47.6. The molecule has 0 radical (unpaired) electrons. The number of benzene rings is 2. The van der Waals surface area contributed by atoms with Crippen LogP contribution in [0, 0.1) is 29.1 Å². The Labute approximate surface area is 852 Å². The Morgan fingerprint density at radius 1 is 0.519 bits per heavy atom. The highest BCUT2D eigenvalue weighted by atomic mass is 79.9. The summed E-state index contributed by atoms with van der Waals surface area (Å²) in [6.45, 7) is 79.4. The maximum atomic E-state index is 13.0. The number of rotatable bonds is 51. The van der Waals surface area contributed by atoms with Gasteiger partial charge in [0.15, 0.2) is 11.6 Å². The van der Waals surface area contributed by atoms with Gasteiger partial charge in [-0.3, -0.25) is 51.9 Å². The van der Waals surface area contributed by atoms with Gasteiger partial charge in [0.25, 0.3) is 0 Å². The lowest BCUT2D eigenvalue weighted by Gasteiger charge is -2.47. The number of unbranched alkanes of at least 4 members (excludes halogenated alkanes) is 9. The van der Waals surface area contributed by atoms with Crippen molar-refractivity contribution in [2.24, 2.45) is 23.5 Å². The van der Waals surface area contributed by atoms with Gasteiger partial charge in [-0.15, -0.1) is 0 Å². The molecule has 0 spiro atoms. The third kappa shape index (κ3) is 56.1. The van der Waals surface area contributed by atoms with E-state index in [0.717, 1.165) is 64.1 Å². The molecule has 1 amide bonds. The number of nitrogens with zero attached hydrogens (tertiary/aromatic N) is 8. The number of aliphatic hydroxyl groups excluding tert-OH is 5. The zero-order valence-electron chi connectivity index (χ0n) is 96.2. The Kier molecular flexibility index (Phi) is 79.6. The number of halogens is 2. The Balaban J connectivity index is -0.000000509. The molecule has 2 heterocycles. The summed E-state index contributed by atoms with van der Waals surface area (Å²) in [5, 5.41) is 43.9. The molecule has 2 unspecified atom stereocenters. The van der Waals surface area contributed by atoms with Crippen molar-refractivity contribution in [1.29, 1.82) is 8.12 Å². The average molecular weight is 2080 g/mol. The van der Waals surface area contributed by atoms with Crippen molar-refractivity contribution in [1.82, 2.24) is 38.0 Å². The predicted octanol–water partition coefficient (Wildman–Crippen LogP) is 24.8. The lowest BCUT2D eigenvalue weighted by atomic mass is 9.98. The molecule has 0 aromatic heterocycles. The summed E-state index contributed by atoms with van der Waals surface area (Å²) in [5.41, 5.74) is 10.4. The highest BCUT2D eigenvalue weighted by Gasteiger charge is 2.43. The number of alkyl halides is 1. The van der Waals surface area contributed by atoms with Gasteiger partial charge >= 0.3 is 6.09 Å². The number of ether oxygens (including phenoxy) is 3. The largest absolute Gasteiger partial charge is 0.449 e. The summed E-state index contributed by atoms with van der Waals surface area (Å²) in [6.07, 6.45) is 16.0. The van der Waals surface area contributed by atoms with E-state index in [1.54, 1.807) is 6.07 Å². The number of hydrogen-bond donors (Lipinski definition) is 7. The van der Waals surface area contributed by atoms with Gasteiger partial charge in [0.05, 0.1) is 66.5 Å². The lowest BCUT2D eigenvalue weighted by Crippen LogP contribution is -2.44. The van der Waals surface area contributed by atoms with Gasteiger partial charge in [0, 0.05) is 162 Å². The van der Waals surface area contributed by atoms with Crippen molar-refractivity contribution in [3.05, 3.63) is 59.7 Å². The van der Waals surface area contributed by atoms with E-state index in [0.29, 0.717) is 122 Å². The Hall–Kier alpha value is -2.27. The number of fused-ring (bicyclic) bond motifs is 3. The minimum atomic E-state index is -1.06. The lowest BCUT2D eigenvalue weighted by molar-refractivity contribution is -0.120. The molecule has 3 aliphatic rings. The van der Waals surface area contributed by atoms with Crippen LogP contribution >= 0.6 is 59.5 Å². The molecule has 30 heteroatoms. The van der Waals surface area contributed by atoms with Gasteiger partial charge in [-0.1, -0.05) is 168 Å². The fourth-order valence-corrected chi connectivity index (χ4v) is 29.8. The van der Waals surface area contributed by atoms with Crippen LogP contribution in [-0.4, -0.2) is 282 Å². The molecule has 794 valence electrons. The molecule has 24 nitrogen and oxygen atoms in total. The molecule has 5 rings (SSSR count). The minimum absolute atomic E-state index is 0.0614. The number of hydrogen-bond acceptors (Lipinski definition) is 23. The van der Waals surface area contributed by atoms with Crippen LogP contribution in [0.4, 0.5) is 4.79 Å². The van der Waals surface area contributed by atoms with Crippen molar-refractivity contribution in [2.75, 3.05) is 70.9 Å². The molecule has 2 aliphatic heterocycles. The second-order valence-electron chi connectivity index (χ2n) is 39.1. The van der Waals surface area contributed by atoms with Crippen molar-refractivity contribution in [3.63, 3.8) is 0 Å². The summed E-state index contributed by atoms with van der Waals surface area (Å²) in [5.74, 6) is 1.14. The van der Waals surface area contributed by atoms with Crippen molar-refractivity contribution in [3.8, 4) is 17.2 Å². The predicted molar refractivity (Wildman–Crippen MR) is 585 cm³/mol. The number of amides is 1. The van der Waals surface area contributed by atoms with Gasteiger partial charge < -0.3 is 55.3 Å². The first-order chi connectivity index (χ1) is 65.1. The second kappa shape index (κ2) is 81.0. The molecule has 2 aromatic rings. The van der Waals surface area contributed by atoms with Crippen molar-refractivity contribution < 1.29 is 71.0 Å². The molecule has 2 fully saturated rings. The Bertz CT molecular complexity index is 3280. The van der Waals surface area contributed by atoms with Gasteiger partial charge in [-0.05, 0) is 276 Å². The fraction of sp³-hybridized carbons (Fsp3) is 0.829. The maximum absolute atomic E-state index is 13.0. The zero-order chi connectivity index (χ0) is 108. The number of alkyl carbamates (subject to hydrolysis) is 1. The summed E-state index contributed by atoms with van der Waals surface area (Å²) in [4.78, 5) is 59.4. The smallest absolute Gasteiger partial charge is 0.407 e. The molecular weight excluding hydrogens is 1860 g/mol. The van der Waals surface area contributed by atoms with E-state index in [1.807, 2.05) is 26.0 Å². The van der Waals surface area contributed by atoms with Gasteiger partial charge in [0.2, 0.25) is 2.86 Å². The molecular formula is C105H206BrClN10O14P4. The van der Waals surface area contributed by atoms with E-state index in [9.17, 15) is 29.1 Å². The zero-order valence-corrected chi connectivity index (χ0v) is 98.1. The fourth-order valence-electron chi connectivity index (χ4n) is 17.0. The third-order valence-corrected chi connectivity index (χ3v) is 36.8. The van der Waals surface area contributed by atoms with E-state index in [-0.39, 0.29) is 104 Å². The minimum Gasteiger partial charge on any atom is -0.449 e. The number of aliphatic hydroxyl groups is 5. The van der Waals surface area contributed by atoms with E-state index < -0.39 is 38.4 Å². The SMILES string of the molecule is CC#N.CC(C)N(C(C)C)P(CC(=O)CO)N(C(C)C)C(C)C.CC(C)N(C(C)C)P(Cl)N(C(C)C)C(C)C.CCCCCCCC(=O)CP(N(C(C)C)C(C)C)N(C(C)C)C(C)C.NCCCCCCNC(=O)OCC1c2ccccc2-c2ccccc21.O=C(CO)CBr.[2H]C[C@H]1O[C@@H](C)[C@H](C)[C@@H]1O.[2H]C[C@H]1O[C@@H](C)[C@H](C)[C@@H]1OP(CC(=O)C(C)CCCCC)N(C(C)C)C(C)C.[3H]OC.[3H]OC. The molecule has 8 N–H and O–H groups in total. The Morgan fingerprint density at radius 2 is 0.867 bits per heavy atom. The molecule has 0 saturated carbocycles. The van der Waals surface area contributed by atoms with Gasteiger partial charge in [0.1, 0.15) is 47.3 Å². The topological polar surface area (TPSA) is 308 Å². The molecule has 10 atom stereocenters. The third-order valence-electron chi connectivity index (χ3n) is 22.9. The standard InChI is InChI=1S/C22H44NO3P.C21H26N2O2.C21H45N2OP.C15H33N2O2P.C12H28ClN2P.C7H14O2.C3H5BrO2.C2H3N.2CH4O/c1-10-11-12-13-17(6)21(24)14-27(23(15(2)3)16(4)5)26-22-18(7)19(8)25-20(22)9;22-13-7-1-2-8-14-23-21(24)25-15-20-18-11-5-3-9-16(18)17-10-4-6-12-19(17)20;1-10-11-12-13-14-15-21(24)16-25(22(17(2)3)18(4)5)23(19(6)7)20(8)9;1-11(2)16(12(3)4)20(10-15(19)9-18)17(13(5)6)14(7)8;1-9(2)14(10(3)4)16(13)15(11(5)6)12(7)8;1-4-5(2)9-6(3)7(4)8;4-1-3(6)2-5;1-2-3;2*1-2/h15-20,22H,10-14H2,1-9H3;3-6,9-12,20H,1-2,7-8,13-15,22H2,(H,23,24);17-20H,10-16H2,1-9H3;11-14,18H,9-10H2,1-8H3;9-12H,1-8H3;4-8H,1-3H3;5H,1-2H2;1H3;2*2H,1H3/t17?,18-,19-,20+,22-,27?;;;;;4-,5-,6+,7-;;;;/m0....0..../s1/i9D;;;;;3D;;;2*2T. The molecule has 135 heavy (non-hydrogen) atoms. The first-order valence-corrected chi connectivity index (χ1v) is 58.1. The van der Waals surface area contributed by atoms with Crippen LogP contribution in [0.25, 0.3) is 11.1 Å². The summed E-state index contributed by atoms with van der Waals surface area (Å²) in [7, 11) is -0.534. The molecule has 0 bridgehead atoms. The highest BCUT2D eigenvalue weighted by Crippen LogP contribution is 2.55. The van der Waals surface area contributed by atoms with Crippen LogP contribution in [0.1, 0.15) is 373 Å². The van der Waals surface area contributed by atoms with Crippen LogP contribution in [0.3, 0.4) is 0 Å². The highest BCUT2D eigenvalue weighted by molar-refractivity contribution is 9.09. The normalized spacial score (nSPS) is 18.2. The first kappa shape index (κ1) is 133. The summed E-state index contributed by atoms with van der Waals surface area (Å²) >= 11 is 9.57. The quantitative estimate of drug-likeness (QED) is 0.0184. The van der Waals surface area contributed by atoms with Crippen LogP contribution in [0.2, 0.25) is 0 Å². The number of carbonyl (C=O) groups is 5. The molecule has 1 aliphatic carbocycles. The number of nitrogens with two attached hydrogens (primary N) is 1. The van der Waals surface area contributed by atoms with E-state index in [2.05, 4.69) is 329 Å². The number of carbonyl (C=O) groups excluding carboxylic acids is 5. The van der Waals surface area contributed by atoms with Crippen molar-refractivity contribution >= 4 is 88.7 Å². The maximum Gasteiger partial charge on any atom is 0.407 e. The number of nitrogens with one attached hydrogen (secondary N) is 1. The van der Waals surface area contributed by atoms with Gasteiger partial charge in [-0.25, -0.2) is 4.79 Å². The summed E-state index contributed by atoms with van der Waals surface area (Å²) < 4.78 is 66.9.